The molecule has 1 rings (SSSR count). The Morgan fingerprint density at radius 3 is 2.60 bits per heavy atom. The van der Waals surface area contributed by atoms with Gasteiger partial charge in [0.05, 0.1) is 4.47 Å². The number of nitrogens with zero attached hydrogens (tertiary/aromatic N) is 1. The molecular formula is C10H12BrClN2O. The van der Waals surface area contributed by atoms with Crippen LogP contribution in [0.15, 0.2) is 16.6 Å². The van der Waals surface area contributed by atoms with Gasteiger partial charge in [-0.15, -0.1) is 0 Å². The van der Waals surface area contributed by atoms with Gasteiger partial charge in [-0.3, -0.25) is 4.79 Å². The number of halogens is 2. The van der Waals surface area contributed by atoms with Gasteiger partial charge in [-0.1, -0.05) is 32.4 Å². The van der Waals surface area contributed by atoms with Crippen molar-refractivity contribution in [2.24, 2.45) is 5.41 Å². The third kappa shape index (κ3) is 3.47. The second-order valence-corrected chi connectivity index (χ2v) is 5.41. The highest BCUT2D eigenvalue weighted by molar-refractivity contribution is 9.10. The van der Waals surface area contributed by atoms with Crippen LogP contribution in [0.4, 0.5) is 5.82 Å². The number of rotatable bonds is 1. The van der Waals surface area contributed by atoms with E-state index in [4.69, 9.17) is 11.6 Å². The van der Waals surface area contributed by atoms with Crippen molar-refractivity contribution in [1.82, 2.24) is 4.98 Å². The number of nitrogens with one attached hydrogen (secondary N) is 1. The van der Waals surface area contributed by atoms with E-state index < -0.39 is 5.41 Å². The Bertz CT molecular complexity index is 387. The maximum atomic E-state index is 11.7. The van der Waals surface area contributed by atoms with Gasteiger partial charge in [-0.2, -0.15) is 0 Å². The van der Waals surface area contributed by atoms with Crippen LogP contribution in [0.2, 0.25) is 5.15 Å². The predicted molar refractivity (Wildman–Crippen MR) is 65.0 cm³/mol. The summed E-state index contributed by atoms with van der Waals surface area (Å²) in [7, 11) is 0. The van der Waals surface area contributed by atoms with Gasteiger partial charge in [0.1, 0.15) is 11.0 Å². The molecule has 0 aliphatic carbocycles. The second-order valence-electron chi connectivity index (χ2n) is 4.17. The van der Waals surface area contributed by atoms with Crippen molar-refractivity contribution in [3.8, 4) is 0 Å². The van der Waals surface area contributed by atoms with E-state index in [-0.39, 0.29) is 5.91 Å². The maximum absolute atomic E-state index is 11.7. The van der Waals surface area contributed by atoms with Crippen molar-refractivity contribution in [3.05, 3.63) is 21.8 Å². The average Bonchev–Trinajstić information content (AvgIpc) is 2.09. The Hall–Kier alpha value is -0.610. The fourth-order valence-electron chi connectivity index (χ4n) is 0.801. The summed E-state index contributed by atoms with van der Waals surface area (Å²) in [5.74, 6) is 0.348. The van der Waals surface area contributed by atoms with Crippen LogP contribution in [0.25, 0.3) is 0 Å². The highest BCUT2D eigenvalue weighted by Crippen LogP contribution is 2.24. The van der Waals surface area contributed by atoms with Crippen molar-refractivity contribution in [3.63, 3.8) is 0 Å². The van der Waals surface area contributed by atoms with E-state index in [1.165, 1.54) is 0 Å². The largest absolute Gasteiger partial charge is 0.309 e. The third-order valence-corrected chi connectivity index (χ3v) is 2.58. The van der Waals surface area contributed by atoms with E-state index in [2.05, 4.69) is 26.2 Å². The highest BCUT2D eigenvalue weighted by Gasteiger charge is 2.22. The fraction of sp³-hybridized carbons (Fsp3) is 0.400. The lowest BCUT2D eigenvalue weighted by Gasteiger charge is -2.17. The minimum absolute atomic E-state index is 0.0991. The molecule has 0 unspecified atom stereocenters. The van der Waals surface area contributed by atoms with Crippen LogP contribution in [0, 0.1) is 5.41 Å². The quantitative estimate of drug-likeness (QED) is 0.805. The van der Waals surface area contributed by atoms with Gasteiger partial charge in [0.15, 0.2) is 0 Å². The van der Waals surface area contributed by atoms with E-state index in [1.807, 2.05) is 20.8 Å². The molecule has 0 spiro atoms. The van der Waals surface area contributed by atoms with Gasteiger partial charge >= 0.3 is 0 Å². The molecule has 0 saturated heterocycles. The Labute approximate surface area is 102 Å². The lowest BCUT2D eigenvalue weighted by Crippen LogP contribution is -2.28. The molecule has 0 aromatic carbocycles. The molecule has 1 N–H and O–H groups in total. The summed E-state index contributed by atoms with van der Waals surface area (Å²) in [6.07, 6.45) is 0. The van der Waals surface area contributed by atoms with Gasteiger partial charge in [-0.25, -0.2) is 4.98 Å². The molecular weight excluding hydrogens is 279 g/mol. The summed E-state index contributed by atoms with van der Waals surface area (Å²) in [6, 6.07) is 3.39. The molecule has 1 amide bonds. The lowest BCUT2D eigenvalue weighted by atomic mass is 9.96. The van der Waals surface area contributed by atoms with Crippen molar-refractivity contribution in [1.29, 1.82) is 0 Å². The summed E-state index contributed by atoms with van der Waals surface area (Å²) in [5, 5.41) is 3.06. The first-order chi connectivity index (χ1) is 6.80. The fourth-order valence-corrected chi connectivity index (χ4v) is 1.27. The number of carbonyl (C=O) groups excluding carboxylic acids is 1. The topological polar surface area (TPSA) is 42.0 Å². The summed E-state index contributed by atoms with van der Waals surface area (Å²) >= 11 is 9.02. The first kappa shape index (κ1) is 12.5. The Kier molecular flexibility index (Phi) is 3.73. The Morgan fingerprint density at radius 2 is 2.07 bits per heavy atom. The molecule has 5 heteroatoms. The normalized spacial score (nSPS) is 11.3. The number of hydrogen-bond acceptors (Lipinski definition) is 2. The molecule has 3 nitrogen and oxygen atoms in total. The Morgan fingerprint density at radius 1 is 1.47 bits per heavy atom. The SMILES string of the molecule is CC(C)(C)C(=O)Nc1nc(Cl)ccc1Br. The number of anilines is 1. The van der Waals surface area contributed by atoms with Crippen LogP contribution in [-0.2, 0) is 4.79 Å². The van der Waals surface area contributed by atoms with Gasteiger partial charge < -0.3 is 5.32 Å². The van der Waals surface area contributed by atoms with E-state index >= 15 is 0 Å². The molecule has 0 aliphatic rings. The minimum atomic E-state index is -0.455. The molecule has 0 saturated carbocycles. The van der Waals surface area contributed by atoms with Gasteiger partial charge in [-0.05, 0) is 28.1 Å². The van der Waals surface area contributed by atoms with Crippen LogP contribution in [0.3, 0.4) is 0 Å². The number of hydrogen-bond donors (Lipinski definition) is 1. The lowest BCUT2D eigenvalue weighted by molar-refractivity contribution is -0.123. The molecule has 0 fully saturated rings. The Balaban J connectivity index is 2.90. The monoisotopic (exact) mass is 290 g/mol. The van der Waals surface area contributed by atoms with Crippen LogP contribution in [0.1, 0.15) is 20.8 Å². The molecule has 15 heavy (non-hydrogen) atoms. The number of aromatic nitrogens is 1. The van der Waals surface area contributed by atoms with Crippen molar-refractivity contribution in [2.45, 2.75) is 20.8 Å². The number of amides is 1. The highest BCUT2D eigenvalue weighted by atomic mass is 79.9. The molecule has 1 aromatic rings. The van der Waals surface area contributed by atoms with Gasteiger partial charge in [0.2, 0.25) is 5.91 Å². The predicted octanol–water partition coefficient (Wildman–Crippen LogP) is 3.48. The zero-order chi connectivity index (χ0) is 11.6. The smallest absolute Gasteiger partial charge is 0.230 e. The zero-order valence-corrected chi connectivity index (χ0v) is 11.1. The van der Waals surface area contributed by atoms with Crippen LogP contribution in [-0.4, -0.2) is 10.9 Å². The third-order valence-electron chi connectivity index (χ3n) is 1.73. The molecule has 82 valence electrons. The number of pyridine rings is 1. The molecule has 1 heterocycles. The molecule has 0 aliphatic heterocycles. The van der Waals surface area contributed by atoms with Crippen LogP contribution < -0.4 is 5.32 Å². The molecule has 0 bridgehead atoms. The number of carbonyl (C=O) groups is 1. The standard InChI is InChI=1S/C10H12BrClN2O/c1-10(2,3)9(15)14-8-6(11)4-5-7(12)13-8/h4-5H,1-3H3,(H,13,14,15). The summed E-state index contributed by atoms with van der Waals surface area (Å²) in [4.78, 5) is 15.7. The maximum Gasteiger partial charge on any atom is 0.230 e. The van der Waals surface area contributed by atoms with E-state index in [0.717, 1.165) is 0 Å². The van der Waals surface area contributed by atoms with Crippen LogP contribution in [0.5, 0.6) is 0 Å². The first-order valence-corrected chi connectivity index (χ1v) is 5.61. The van der Waals surface area contributed by atoms with E-state index in [9.17, 15) is 4.79 Å². The first-order valence-electron chi connectivity index (χ1n) is 4.44. The minimum Gasteiger partial charge on any atom is -0.309 e. The van der Waals surface area contributed by atoms with Crippen LogP contribution >= 0.6 is 27.5 Å². The molecule has 0 radical (unpaired) electrons. The zero-order valence-electron chi connectivity index (χ0n) is 8.77. The van der Waals surface area contributed by atoms with E-state index in [0.29, 0.717) is 15.4 Å². The van der Waals surface area contributed by atoms with Crippen molar-refractivity contribution < 1.29 is 4.79 Å². The summed E-state index contributed by atoms with van der Waals surface area (Å²) in [6.45, 7) is 5.50. The summed E-state index contributed by atoms with van der Waals surface area (Å²) < 4.78 is 0.713. The van der Waals surface area contributed by atoms with Gasteiger partial charge in [0.25, 0.3) is 0 Å². The summed E-state index contributed by atoms with van der Waals surface area (Å²) in [5.41, 5.74) is -0.455. The molecule has 0 atom stereocenters. The van der Waals surface area contributed by atoms with E-state index in [1.54, 1.807) is 12.1 Å². The van der Waals surface area contributed by atoms with Crippen molar-refractivity contribution in [2.75, 3.05) is 5.32 Å². The second kappa shape index (κ2) is 4.49. The average molecular weight is 292 g/mol. The molecule has 1 aromatic heterocycles. The van der Waals surface area contributed by atoms with Gasteiger partial charge in [0, 0.05) is 5.41 Å². The van der Waals surface area contributed by atoms with Crippen molar-refractivity contribution >= 4 is 39.3 Å².